The molecule has 0 unspecified atom stereocenters. The number of aromatic nitrogens is 3. The van der Waals surface area contributed by atoms with Gasteiger partial charge < -0.3 is 5.11 Å². The predicted octanol–water partition coefficient (Wildman–Crippen LogP) is 1.36. The Hall–Kier alpha value is -0.900. The standard InChI is InChI=1S/C10H17N3O/c1-13-9(8-11-12-13)10(14)6-4-2-3-5-7-10/h8,14H,2-7H2,1H3. The van der Waals surface area contributed by atoms with Gasteiger partial charge in [-0.05, 0) is 12.8 Å². The van der Waals surface area contributed by atoms with Crippen molar-refractivity contribution in [1.82, 2.24) is 15.0 Å². The lowest BCUT2D eigenvalue weighted by atomic mass is 9.91. The van der Waals surface area contributed by atoms with Crippen LogP contribution in [0.4, 0.5) is 0 Å². The molecule has 4 nitrogen and oxygen atoms in total. The van der Waals surface area contributed by atoms with Crippen LogP contribution in [-0.2, 0) is 12.6 Å². The van der Waals surface area contributed by atoms with Gasteiger partial charge in [0.1, 0.15) is 5.60 Å². The predicted molar refractivity (Wildman–Crippen MR) is 52.6 cm³/mol. The Bertz CT molecular complexity index is 300. The van der Waals surface area contributed by atoms with E-state index in [-0.39, 0.29) is 0 Å². The monoisotopic (exact) mass is 195 g/mol. The zero-order chi connectivity index (χ0) is 10.0. The lowest BCUT2D eigenvalue weighted by Crippen LogP contribution is -2.27. The number of hydrogen-bond donors (Lipinski definition) is 1. The van der Waals surface area contributed by atoms with E-state index in [1.54, 1.807) is 10.9 Å². The van der Waals surface area contributed by atoms with Crippen LogP contribution in [0.2, 0.25) is 0 Å². The van der Waals surface area contributed by atoms with Crippen molar-refractivity contribution in [2.45, 2.75) is 44.1 Å². The van der Waals surface area contributed by atoms with Crippen LogP contribution in [0, 0.1) is 0 Å². The molecule has 0 atom stereocenters. The van der Waals surface area contributed by atoms with E-state index in [0.29, 0.717) is 0 Å². The van der Waals surface area contributed by atoms with Gasteiger partial charge in [-0.25, -0.2) is 4.68 Å². The highest BCUT2D eigenvalue weighted by Crippen LogP contribution is 2.34. The molecule has 14 heavy (non-hydrogen) atoms. The Morgan fingerprint density at radius 3 is 2.43 bits per heavy atom. The molecular weight excluding hydrogens is 178 g/mol. The fraction of sp³-hybridized carbons (Fsp3) is 0.800. The van der Waals surface area contributed by atoms with Crippen molar-refractivity contribution in [3.05, 3.63) is 11.9 Å². The fourth-order valence-electron chi connectivity index (χ4n) is 2.28. The number of nitrogens with zero attached hydrogens (tertiary/aromatic N) is 3. The normalized spacial score (nSPS) is 21.9. The van der Waals surface area contributed by atoms with Gasteiger partial charge in [-0.15, -0.1) is 5.10 Å². The topological polar surface area (TPSA) is 50.9 Å². The average molecular weight is 195 g/mol. The molecule has 0 radical (unpaired) electrons. The first kappa shape index (κ1) is 9.65. The highest BCUT2D eigenvalue weighted by atomic mass is 16.3. The molecule has 1 N–H and O–H groups in total. The van der Waals surface area contributed by atoms with Crippen LogP contribution in [0.15, 0.2) is 6.20 Å². The largest absolute Gasteiger partial charge is 0.384 e. The molecule has 1 heterocycles. The van der Waals surface area contributed by atoms with Crippen LogP contribution in [-0.4, -0.2) is 20.1 Å². The van der Waals surface area contributed by atoms with Crippen molar-refractivity contribution in [3.8, 4) is 0 Å². The summed E-state index contributed by atoms with van der Waals surface area (Å²) >= 11 is 0. The maximum absolute atomic E-state index is 10.5. The third kappa shape index (κ3) is 1.66. The number of hydrogen-bond acceptors (Lipinski definition) is 3. The number of rotatable bonds is 1. The van der Waals surface area contributed by atoms with Crippen LogP contribution >= 0.6 is 0 Å². The average Bonchev–Trinajstić information content (AvgIpc) is 2.46. The number of aryl methyl sites for hydroxylation is 1. The summed E-state index contributed by atoms with van der Waals surface area (Å²) in [6.07, 6.45) is 8.03. The summed E-state index contributed by atoms with van der Waals surface area (Å²) < 4.78 is 1.69. The van der Waals surface area contributed by atoms with Crippen molar-refractivity contribution >= 4 is 0 Å². The minimum Gasteiger partial charge on any atom is -0.384 e. The minimum absolute atomic E-state index is 0.686. The van der Waals surface area contributed by atoms with E-state index in [2.05, 4.69) is 10.3 Å². The van der Waals surface area contributed by atoms with Gasteiger partial charge >= 0.3 is 0 Å². The second-order valence-electron chi connectivity index (χ2n) is 4.19. The maximum Gasteiger partial charge on any atom is 0.108 e. The van der Waals surface area contributed by atoms with Gasteiger partial charge in [-0.1, -0.05) is 30.9 Å². The molecule has 1 saturated carbocycles. The van der Waals surface area contributed by atoms with Crippen LogP contribution in [0.25, 0.3) is 0 Å². The zero-order valence-corrected chi connectivity index (χ0v) is 8.61. The molecule has 0 aromatic carbocycles. The quantitative estimate of drug-likeness (QED) is 0.688. The highest BCUT2D eigenvalue weighted by Gasteiger charge is 2.32. The zero-order valence-electron chi connectivity index (χ0n) is 8.61. The molecule has 2 rings (SSSR count). The van der Waals surface area contributed by atoms with Crippen molar-refractivity contribution in [1.29, 1.82) is 0 Å². The van der Waals surface area contributed by atoms with E-state index in [1.807, 2.05) is 7.05 Å². The van der Waals surface area contributed by atoms with Gasteiger partial charge in [-0.2, -0.15) is 0 Å². The Balaban J connectivity index is 2.25. The van der Waals surface area contributed by atoms with E-state index in [1.165, 1.54) is 12.8 Å². The van der Waals surface area contributed by atoms with Crippen molar-refractivity contribution in [3.63, 3.8) is 0 Å². The summed E-state index contributed by atoms with van der Waals surface area (Å²) in [7, 11) is 1.84. The second-order valence-corrected chi connectivity index (χ2v) is 4.19. The summed E-state index contributed by atoms with van der Waals surface area (Å²) in [6, 6.07) is 0. The molecule has 1 aliphatic rings. The molecule has 0 saturated heterocycles. The van der Waals surface area contributed by atoms with Crippen LogP contribution in [0.5, 0.6) is 0 Å². The summed E-state index contributed by atoms with van der Waals surface area (Å²) in [4.78, 5) is 0. The molecule has 1 aromatic heterocycles. The summed E-state index contributed by atoms with van der Waals surface area (Å²) in [5.41, 5.74) is 0.175. The smallest absolute Gasteiger partial charge is 0.108 e. The molecule has 0 amide bonds. The van der Waals surface area contributed by atoms with Crippen LogP contribution in [0.1, 0.15) is 44.2 Å². The first-order valence-electron chi connectivity index (χ1n) is 5.30. The van der Waals surface area contributed by atoms with Crippen molar-refractivity contribution in [2.75, 3.05) is 0 Å². The highest BCUT2D eigenvalue weighted by molar-refractivity contribution is 5.08. The van der Waals surface area contributed by atoms with E-state index in [9.17, 15) is 5.11 Å². The Kier molecular flexibility index (Phi) is 2.54. The minimum atomic E-state index is -0.686. The first-order valence-corrected chi connectivity index (χ1v) is 5.30. The Morgan fingerprint density at radius 1 is 1.29 bits per heavy atom. The third-order valence-electron chi connectivity index (χ3n) is 3.12. The molecule has 1 aromatic rings. The van der Waals surface area contributed by atoms with Gasteiger partial charge in [0, 0.05) is 7.05 Å². The molecule has 78 valence electrons. The maximum atomic E-state index is 10.5. The molecule has 4 heteroatoms. The summed E-state index contributed by atoms with van der Waals surface area (Å²) in [5, 5.41) is 18.2. The van der Waals surface area contributed by atoms with Crippen molar-refractivity contribution < 1.29 is 5.11 Å². The van der Waals surface area contributed by atoms with Gasteiger partial charge in [0.25, 0.3) is 0 Å². The van der Waals surface area contributed by atoms with E-state index in [0.717, 1.165) is 31.4 Å². The molecule has 0 spiro atoms. The van der Waals surface area contributed by atoms with E-state index >= 15 is 0 Å². The second kappa shape index (κ2) is 3.69. The summed E-state index contributed by atoms with van der Waals surface area (Å²) in [5.74, 6) is 0. The third-order valence-corrected chi connectivity index (χ3v) is 3.12. The fourth-order valence-corrected chi connectivity index (χ4v) is 2.28. The molecule has 1 aliphatic carbocycles. The Morgan fingerprint density at radius 2 is 1.93 bits per heavy atom. The lowest BCUT2D eigenvalue weighted by Gasteiger charge is -2.25. The van der Waals surface area contributed by atoms with Gasteiger partial charge in [-0.3, -0.25) is 0 Å². The van der Waals surface area contributed by atoms with Gasteiger partial charge in [0.2, 0.25) is 0 Å². The van der Waals surface area contributed by atoms with Crippen molar-refractivity contribution in [2.24, 2.45) is 7.05 Å². The lowest BCUT2D eigenvalue weighted by molar-refractivity contribution is 0.0128. The van der Waals surface area contributed by atoms with E-state index in [4.69, 9.17) is 0 Å². The molecule has 1 fully saturated rings. The SMILES string of the molecule is Cn1nncc1C1(O)CCCCCC1. The molecule has 0 bridgehead atoms. The van der Waals surface area contributed by atoms with Gasteiger partial charge in [0.15, 0.2) is 0 Å². The van der Waals surface area contributed by atoms with Crippen LogP contribution in [0.3, 0.4) is 0 Å². The number of aliphatic hydroxyl groups is 1. The van der Waals surface area contributed by atoms with Crippen LogP contribution < -0.4 is 0 Å². The Labute approximate surface area is 83.9 Å². The molecular formula is C10H17N3O. The van der Waals surface area contributed by atoms with Gasteiger partial charge in [0.05, 0.1) is 11.9 Å². The summed E-state index contributed by atoms with van der Waals surface area (Å²) in [6.45, 7) is 0. The van der Waals surface area contributed by atoms with E-state index < -0.39 is 5.60 Å². The first-order chi connectivity index (χ1) is 6.72. The molecule has 0 aliphatic heterocycles.